The monoisotopic (exact) mass is 533 g/mol. The Balaban J connectivity index is 1.41. The van der Waals surface area contributed by atoms with Crippen molar-refractivity contribution in [3.8, 4) is 17.2 Å². The Morgan fingerprint density at radius 1 is 0.846 bits per heavy atom. The first-order valence-corrected chi connectivity index (χ1v) is 12.7. The maximum absolute atomic E-state index is 11.5. The van der Waals surface area contributed by atoms with Crippen LogP contribution in [-0.4, -0.2) is 19.6 Å². The lowest BCUT2D eigenvalue weighted by molar-refractivity contribution is -0.384. The van der Waals surface area contributed by atoms with Crippen LogP contribution in [0.25, 0.3) is 5.69 Å². The van der Waals surface area contributed by atoms with Crippen molar-refractivity contribution in [3.63, 3.8) is 0 Å². The van der Waals surface area contributed by atoms with Crippen molar-refractivity contribution in [3.05, 3.63) is 143 Å². The van der Waals surface area contributed by atoms with Crippen molar-refractivity contribution < 1.29 is 9.66 Å². The predicted octanol–water partition coefficient (Wildman–Crippen LogP) is 6.75. The molecule has 39 heavy (non-hydrogen) atoms. The summed E-state index contributed by atoms with van der Waals surface area (Å²) in [7, 11) is 0. The van der Waals surface area contributed by atoms with E-state index in [-0.39, 0.29) is 22.7 Å². The van der Waals surface area contributed by atoms with Gasteiger partial charge in [0.25, 0.3) is 5.69 Å². The molecule has 8 nitrogen and oxygen atoms in total. The molecule has 0 bridgehead atoms. The molecule has 9 heteroatoms. The molecule has 2 atom stereocenters. The van der Waals surface area contributed by atoms with Gasteiger partial charge in [-0.25, -0.2) is 0 Å². The Morgan fingerprint density at radius 3 is 2.36 bits per heavy atom. The van der Waals surface area contributed by atoms with Crippen molar-refractivity contribution in [2.75, 3.05) is 4.90 Å². The summed E-state index contributed by atoms with van der Waals surface area (Å²) < 4.78 is 7.95. The lowest BCUT2D eigenvalue weighted by atomic mass is 10.0. The number of para-hydroxylation sites is 1. The van der Waals surface area contributed by atoms with E-state index in [0.29, 0.717) is 16.5 Å². The van der Waals surface area contributed by atoms with E-state index in [1.807, 2.05) is 102 Å². The minimum atomic E-state index is -0.388. The third-order valence-corrected chi connectivity index (χ3v) is 6.91. The number of nitro benzene ring substituents is 1. The SMILES string of the molecule is O=[N+]([O-])c1cccc(-n2cccc2[C@H]2[C@H](c3ccccn3)NC(=S)N2c2ccc(Oc3ccccc3)cc2)c1. The number of hydrogen-bond acceptors (Lipinski definition) is 5. The van der Waals surface area contributed by atoms with E-state index in [2.05, 4.69) is 15.2 Å². The summed E-state index contributed by atoms with van der Waals surface area (Å²) in [5.41, 5.74) is 3.34. The van der Waals surface area contributed by atoms with Crippen molar-refractivity contribution in [2.45, 2.75) is 12.1 Å². The van der Waals surface area contributed by atoms with Crippen LogP contribution in [0.2, 0.25) is 0 Å². The minimum Gasteiger partial charge on any atom is -0.457 e. The van der Waals surface area contributed by atoms with Crippen LogP contribution in [0, 0.1) is 10.1 Å². The zero-order valence-electron chi connectivity index (χ0n) is 20.6. The molecule has 0 unspecified atom stereocenters. The number of thiocarbonyl (C=S) groups is 1. The van der Waals surface area contributed by atoms with E-state index in [4.69, 9.17) is 17.0 Å². The second kappa shape index (κ2) is 10.4. The van der Waals surface area contributed by atoms with Crippen LogP contribution in [0.4, 0.5) is 11.4 Å². The zero-order valence-corrected chi connectivity index (χ0v) is 21.4. The molecule has 0 amide bonds. The van der Waals surface area contributed by atoms with Crippen molar-refractivity contribution in [1.29, 1.82) is 0 Å². The Morgan fingerprint density at radius 2 is 1.62 bits per heavy atom. The molecular formula is C30H23N5O3S. The van der Waals surface area contributed by atoms with E-state index in [1.54, 1.807) is 18.3 Å². The highest BCUT2D eigenvalue weighted by Gasteiger charge is 2.42. The molecule has 1 aliphatic rings. The van der Waals surface area contributed by atoms with Gasteiger partial charge in [0.05, 0.1) is 22.3 Å². The summed E-state index contributed by atoms with van der Waals surface area (Å²) in [6.07, 6.45) is 3.66. The van der Waals surface area contributed by atoms with Crippen molar-refractivity contribution in [1.82, 2.24) is 14.9 Å². The maximum Gasteiger partial charge on any atom is 0.271 e. The number of benzene rings is 3. The number of ether oxygens (including phenoxy) is 1. The number of pyridine rings is 1. The molecular weight excluding hydrogens is 510 g/mol. The van der Waals surface area contributed by atoms with Crippen LogP contribution in [0.3, 0.4) is 0 Å². The van der Waals surface area contributed by atoms with E-state index in [1.165, 1.54) is 6.07 Å². The maximum atomic E-state index is 11.5. The first kappa shape index (κ1) is 24.3. The number of aromatic nitrogens is 2. The van der Waals surface area contributed by atoms with Gasteiger partial charge in [-0.05, 0) is 78.9 Å². The third kappa shape index (κ3) is 4.83. The second-order valence-electron chi connectivity index (χ2n) is 8.99. The number of rotatable bonds is 7. The summed E-state index contributed by atoms with van der Waals surface area (Å²) in [5, 5.41) is 15.5. The summed E-state index contributed by atoms with van der Waals surface area (Å²) in [4.78, 5) is 17.8. The molecule has 1 aliphatic heterocycles. The molecule has 2 aromatic heterocycles. The predicted molar refractivity (Wildman–Crippen MR) is 153 cm³/mol. The fraction of sp³-hybridized carbons (Fsp3) is 0.0667. The van der Waals surface area contributed by atoms with Gasteiger partial charge in [-0.3, -0.25) is 15.1 Å². The highest BCUT2D eigenvalue weighted by atomic mass is 32.1. The molecule has 1 N–H and O–H groups in total. The molecule has 1 saturated heterocycles. The molecule has 3 heterocycles. The molecule has 0 saturated carbocycles. The lowest BCUT2D eigenvalue weighted by Crippen LogP contribution is -2.30. The van der Waals surface area contributed by atoms with Crippen LogP contribution in [-0.2, 0) is 0 Å². The number of nitrogens with one attached hydrogen (secondary N) is 1. The lowest BCUT2D eigenvalue weighted by Gasteiger charge is -2.29. The first-order valence-electron chi connectivity index (χ1n) is 12.3. The molecule has 192 valence electrons. The average molecular weight is 534 g/mol. The van der Waals surface area contributed by atoms with Gasteiger partial charge in [0, 0.05) is 35.9 Å². The van der Waals surface area contributed by atoms with Gasteiger partial charge in [-0.2, -0.15) is 0 Å². The average Bonchev–Trinajstić information content (AvgIpc) is 3.59. The van der Waals surface area contributed by atoms with E-state index >= 15 is 0 Å². The minimum absolute atomic E-state index is 0.0272. The first-order chi connectivity index (χ1) is 19.1. The van der Waals surface area contributed by atoms with E-state index in [9.17, 15) is 10.1 Å². The standard InChI is InChI=1S/C30H23N5O3S/c36-35(37)23-9-6-8-22(20-23)33-19-7-13-27(33)29-28(26-12-4-5-18-31-26)32-30(39)34(29)21-14-16-25(17-15-21)38-24-10-2-1-3-11-24/h1-20,28-29H,(H,32,39)/t28-,29-/m0/s1. The van der Waals surface area contributed by atoms with Gasteiger partial charge in [-0.15, -0.1) is 0 Å². The van der Waals surface area contributed by atoms with Gasteiger partial charge >= 0.3 is 0 Å². The molecule has 0 radical (unpaired) electrons. The fourth-order valence-electron chi connectivity index (χ4n) is 4.86. The van der Waals surface area contributed by atoms with Gasteiger partial charge < -0.3 is 19.5 Å². The van der Waals surface area contributed by atoms with E-state index in [0.717, 1.165) is 22.8 Å². The third-order valence-electron chi connectivity index (χ3n) is 6.59. The Kier molecular flexibility index (Phi) is 6.48. The highest BCUT2D eigenvalue weighted by molar-refractivity contribution is 7.80. The topological polar surface area (TPSA) is 85.5 Å². The van der Waals surface area contributed by atoms with Crippen LogP contribution >= 0.6 is 12.2 Å². The number of hydrogen-bond donors (Lipinski definition) is 1. The quantitative estimate of drug-likeness (QED) is 0.141. The molecule has 5 aromatic rings. The van der Waals surface area contributed by atoms with Gasteiger partial charge in [0.1, 0.15) is 17.5 Å². The number of nitrogens with zero attached hydrogens (tertiary/aromatic N) is 4. The Labute approximate surface area is 230 Å². The van der Waals surface area contributed by atoms with Crippen molar-refractivity contribution in [2.24, 2.45) is 0 Å². The second-order valence-corrected chi connectivity index (χ2v) is 9.37. The van der Waals surface area contributed by atoms with Crippen LogP contribution in [0.1, 0.15) is 23.5 Å². The van der Waals surface area contributed by atoms with Crippen molar-refractivity contribution >= 4 is 28.7 Å². The Hall–Kier alpha value is -5.02. The number of non-ortho nitro benzene ring substituents is 1. The summed E-state index contributed by atoms with van der Waals surface area (Å²) in [6, 6.07) is 33.2. The van der Waals surface area contributed by atoms with Gasteiger partial charge in [0.15, 0.2) is 5.11 Å². The molecule has 0 spiro atoms. The van der Waals surface area contributed by atoms with Crippen LogP contribution < -0.4 is 15.0 Å². The number of anilines is 1. The molecule has 6 rings (SSSR count). The highest BCUT2D eigenvalue weighted by Crippen LogP contribution is 2.42. The van der Waals surface area contributed by atoms with Gasteiger partial charge in [0.2, 0.25) is 0 Å². The smallest absolute Gasteiger partial charge is 0.271 e. The number of nitro groups is 1. The fourth-order valence-corrected chi connectivity index (χ4v) is 5.21. The normalized spacial score (nSPS) is 16.6. The molecule has 0 aliphatic carbocycles. The van der Waals surface area contributed by atoms with Crippen LogP contribution in [0.5, 0.6) is 11.5 Å². The largest absolute Gasteiger partial charge is 0.457 e. The summed E-state index contributed by atoms with van der Waals surface area (Å²) in [6.45, 7) is 0. The Bertz CT molecular complexity index is 1620. The zero-order chi connectivity index (χ0) is 26.8. The van der Waals surface area contributed by atoms with Gasteiger partial charge in [-0.1, -0.05) is 30.3 Å². The van der Waals surface area contributed by atoms with E-state index < -0.39 is 0 Å². The summed E-state index contributed by atoms with van der Waals surface area (Å²) >= 11 is 5.86. The molecule has 1 fully saturated rings. The summed E-state index contributed by atoms with van der Waals surface area (Å²) in [5.74, 6) is 1.47. The molecule has 3 aromatic carbocycles. The van der Waals surface area contributed by atoms with Crippen LogP contribution in [0.15, 0.2) is 122 Å².